The first-order valence-electron chi connectivity index (χ1n) is 9.63. The number of carboxylic acid groups (broad SMARTS) is 1. The lowest BCUT2D eigenvalue weighted by Crippen LogP contribution is -2.36. The molecule has 12 heteroatoms. The number of rotatable bonds is 11. The third-order valence-electron chi connectivity index (χ3n) is 4.69. The number of carbonyl (C=O) groups is 2. The second-order valence-electron chi connectivity index (χ2n) is 7.52. The molecule has 0 aliphatic carbocycles. The summed E-state index contributed by atoms with van der Waals surface area (Å²) in [5.41, 5.74) is -1.30. The van der Waals surface area contributed by atoms with Gasteiger partial charge in [-0.15, -0.1) is 11.3 Å². The van der Waals surface area contributed by atoms with Crippen LogP contribution < -0.4 is 0 Å². The number of carboxylic acids is 1. The Morgan fingerprint density at radius 2 is 2.13 bits per heavy atom. The highest BCUT2D eigenvalue weighted by molar-refractivity contribution is 8.01. The van der Waals surface area contributed by atoms with Crippen molar-refractivity contribution in [1.29, 1.82) is 0 Å². The molecule has 0 radical (unpaired) electrons. The predicted molar refractivity (Wildman–Crippen MR) is 111 cm³/mol. The van der Waals surface area contributed by atoms with Crippen molar-refractivity contribution >= 4 is 35.2 Å². The lowest BCUT2D eigenvalue weighted by atomic mass is 9.94. The molecular weight excluding hydrogens is 457 g/mol. The average molecular weight is 483 g/mol. The van der Waals surface area contributed by atoms with Crippen LogP contribution in [0.5, 0.6) is 0 Å². The topological polar surface area (TPSA) is 100.0 Å². The Kier molecular flexibility index (Phi) is 8.78. The van der Waals surface area contributed by atoms with Gasteiger partial charge in [0.05, 0.1) is 11.6 Å². The van der Waals surface area contributed by atoms with Crippen molar-refractivity contribution in [1.82, 2.24) is 9.88 Å². The minimum Gasteiger partial charge on any atom is -0.476 e. The van der Waals surface area contributed by atoms with E-state index in [0.29, 0.717) is 16.6 Å². The maximum Gasteiger partial charge on any atom is 0.410 e. The van der Waals surface area contributed by atoms with Gasteiger partial charge in [-0.3, -0.25) is 4.90 Å². The molecule has 2 heterocycles. The molecule has 1 fully saturated rings. The highest BCUT2D eigenvalue weighted by Crippen LogP contribution is 2.28. The summed E-state index contributed by atoms with van der Waals surface area (Å²) in [6, 6.07) is -0.370. The van der Waals surface area contributed by atoms with Gasteiger partial charge in [0, 0.05) is 24.1 Å². The van der Waals surface area contributed by atoms with Crippen molar-refractivity contribution in [3.8, 4) is 0 Å². The van der Waals surface area contributed by atoms with Crippen molar-refractivity contribution in [3.63, 3.8) is 0 Å². The van der Waals surface area contributed by atoms with Gasteiger partial charge in [-0.05, 0) is 33.1 Å². The number of thiazole rings is 1. The molecule has 1 aromatic heterocycles. The molecule has 1 aliphatic rings. The number of nitrogens with zero attached hydrogens (tertiary/aromatic N) is 2. The zero-order valence-corrected chi connectivity index (χ0v) is 18.7. The highest BCUT2D eigenvalue weighted by atomic mass is 32.2. The molecule has 3 unspecified atom stereocenters. The normalized spacial score (nSPS) is 21.5. The van der Waals surface area contributed by atoms with E-state index in [0.717, 1.165) is 0 Å². The Hall–Kier alpha value is -1.79. The molecular formula is C19H25F3N2O5S2. The number of alkyl halides is 3. The summed E-state index contributed by atoms with van der Waals surface area (Å²) < 4.78 is 42.7. The van der Waals surface area contributed by atoms with E-state index in [1.807, 2.05) is 0 Å². The summed E-state index contributed by atoms with van der Waals surface area (Å²) in [5.74, 6) is -0.618. The summed E-state index contributed by atoms with van der Waals surface area (Å²) in [7, 11) is 0. The van der Waals surface area contributed by atoms with Gasteiger partial charge in [-0.1, -0.05) is 23.9 Å². The van der Waals surface area contributed by atoms with Gasteiger partial charge in [0.2, 0.25) is 0 Å². The van der Waals surface area contributed by atoms with E-state index in [4.69, 9.17) is 9.84 Å². The number of aromatic carboxylic acids is 1. The third-order valence-corrected chi connectivity index (χ3v) is 6.69. The molecule has 1 aromatic rings. The van der Waals surface area contributed by atoms with Crippen molar-refractivity contribution < 1.29 is 37.7 Å². The Morgan fingerprint density at radius 3 is 2.74 bits per heavy atom. The number of hydrogen-bond donors (Lipinski definition) is 2. The van der Waals surface area contributed by atoms with Crippen LogP contribution in [0.3, 0.4) is 0 Å². The number of carbonyl (C=O) groups excluding carboxylic acids is 1. The van der Waals surface area contributed by atoms with Gasteiger partial charge < -0.3 is 14.9 Å². The Labute approximate surface area is 186 Å². The van der Waals surface area contributed by atoms with Gasteiger partial charge in [-0.25, -0.2) is 14.6 Å². The number of thioether (sulfide) groups is 1. The summed E-state index contributed by atoms with van der Waals surface area (Å²) >= 11 is 2.54. The maximum atomic E-state index is 12.3. The number of aromatic nitrogens is 1. The monoisotopic (exact) mass is 482 g/mol. The first kappa shape index (κ1) is 25.5. The highest BCUT2D eigenvalue weighted by Gasteiger charge is 2.37. The summed E-state index contributed by atoms with van der Waals surface area (Å²) in [6.45, 7) is 3.57. The van der Waals surface area contributed by atoms with Gasteiger partial charge in [0.15, 0.2) is 10.0 Å². The average Bonchev–Trinajstić information content (AvgIpc) is 3.20. The van der Waals surface area contributed by atoms with Crippen LogP contribution in [-0.4, -0.2) is 68.4 Å². The van der Waals surface area contributed by atoms with Gasteiger partial charge >= 0.3 is 18.2 Å². The SMILES string of the molecule is CC1OC(=O)N(CCSc2nc(C(=O)O)cs2)C1C=CCC(C)(O)CCCC(F)(F)F. The fourth-order valence-electron chi connectivity index (χ4n) is 3.06. The lowest BCUT2D eigenvalue weighted by molar-refractivity contribution is -0.137. The fourth-order valence-corrected chi connectivity index (χ4v) is 4.87. The van der Waals surface area contributed by atoms with E-state index in [1.165, 1.54) is 40.3 Å². The third kappa shape index (κ3) is 8.34. The van der Waals surface area contributed by atoms with Crippen LogP contribution in [0.2, 0.25) is 0 Å². The number of cyclic esters (lactones) is 1. The van der Waals surface area contributed by atoms with Gasteiger partial charge in [0.25, 0.3) is 0 Å². The smallest absolute Gasteiger partial charge is 0.410 e. The Morgan fingerprint density at radius 1 is 1.42 bits per heavy atom. The molecule has 1 aliphatic heterocycles. The Bertz CT molecular complexity index is 798. The van der Waals surface area contributed by atoms with E-state index in [2.05, 4.69) is 4.98 Å². The zero-order valence-electron chi connectivity index (χ0n) is 17.1. The van der Waals surface area contributed by atoms with Crippen molar-refractivity contribution in [2.24, 2.45) is 0 Å². The molecule has 0 spiro atoms. The van der Waals surface area contributed by atoms with E-state index in [1.54, 1.807) is 19.1 Å². The number of aliphatic hydroxyl groups is 1. The number of amides is 1. The minimum atomic E-state index is -4.24. The first-order valence-corrected chi connectivity index (χ1v) is 11.5. The van der Waals surface area contributed by atoms with E-state index >= 15 is 0 Å². The number of halogens is 3. The molecule has 7 nitrogen and oxygen atoms in total. The molecule has 0 saturated carbocycles. The summed E-state index contributed by atoms with van der Waals surface area (Å²) in [6.07, 6.45) is -2.67. The molecule has 31 heavy (non-hydrogen) atoms. The zero-order chi connectivity index (χ0) is 23.2. The fraction of sp³-hybridized carbons (Fsp3) is 0.632. The molecule has 2 N–H and O–H groups in total. The Balaban J connectivity index is 1.86. The van der Waals surface area contributed by atoms with Crippen LogP contribution in [0.4, 0.5) is 18.0 Å². The van der Waals surface area contributed by atoms with Gasteiger partial charge in [-0.2, -0.15) is 13.2 Å². The van der Waals surface area contributed by atoms with Crippen LogP contribution in [0.1, 0.15) is 50.0 Å². The minimum absolute atomic E-state index is 0.0129. The molecule has 174 valence electrons. The molecule has 2 rings (SSSR count). The van der Waals surface area contributed by atoms with Crippen LogP contribution in [0.15, 0.2) is 21.9 Å². The van der Waals surface area contributed by atoms with Crippen molar-refractivity contribution in [2.45, 2.75) is 67.8 Å². The second-order valence-corrected chi connectivity index (χ2v) is 9.72. The van der Waals surface area contributed by atoms with E-state index in [9.17, 15) is 27.9 Å². The van der Waals surface area contributed by atoms with Crippen molar-refractivity contribution in [3.05, 3.63) is 23.2 Å². The molecule has 3 atom stereocenters. The standard InChI is InChI=1S/C19H25F3N2O5S2/c1-12-14(5-3-6-18(2,28)7-4-8-19(20,21)22)24(17(27)29-12)9-10-30-16-23-13(11-31-16)15(25)26/h3,5,11-12,14,28H,4,6-10H2,1-2H3,(H,25,26). The van der Waals surface area contributed by atoms with Crippen LogP contribution in [0, 0.1) is 0 Å². The van der Waals surface area contributed by atoms with Gasteiger partial charge in [0.1, 0.15) is 6.10 Å². The predicted octanol–water partition coefficient (Wildman–Crippen LogP) is 4.57. The van der Waals surface area contributed by atoms with Crippen LogP contribution in [-0.2, 0) is 4.74 Å². The van der Waals surface area contributed by atoms with Crippen LogP contribution in [0.25, 0.3) is 0 Å². The van der Waals surface area contributed by atoms with Crippen LogP contribution >= 0.6 is 23.1 Å². The largest absolute Gasteiger partial charge is 0.476 e. The molecule has 0 bridgehead atoms. The number of ether oxygens (including phenoxy) is 1. The second kappa shape index (κ2) is 10.7. The summed E-state index contributed by atoms with van der Waals surface area (Å²) in [4.78, 5) is 28.5. The molecule has 0 aromatic carbocycles. The first-order chi connectivity index (χ1) is 14.4. The number of hydrogen-bond acceptors (Lipinski definition) is 7. The van der Waals surface area contributed by atoms with Crippen molar-refractivity contribution in [2.75, 3.05) is 12.3 Å². The molecule has 1 saturated heterocycles. The van der Waals surface area contributed by atoms with E-state index in [-0.39, 0.29) is 31.0 Å². The summed E-state index contributed by atoms with van der Waals surface area (Å²) in [5, 5.41) is 20.7. The quantitative estimate of drug-likeness (QED) is 0.352. The molecule has 1 amide bonds. The van der Waals surface area contributed by atoms with E-state index < -0.39 is 36.4 Å². The maximum absolute atomic E-state index is 12.3. The lowest BCUT2D eigenvalue weighted by Gasteiger charge is -2.23.